The number of allylic oxidation sites excluding steroid dienone is 1. The molecule has 0 N–H and O–H groups in total. The molecule has 0 spiro atoms. The Morgan fingerprint density at radius 1 is 1.29 bits per heavy atom. The lowest BCUT2D eigenvalue weighted by Gasteiger charge is -2.36. The number of piperazine rings is 1. The van der Waals surface area contributed by atoms with E-state index in [0.717, 1.165) is 13.1 Å². The van der Waals surface area contributed by atoms with E-state index in [0.29, 0.717) is 18.1 Å². The summed E-state index contributed by atoms with van der Waals surface area (Å²) in [5.74, 6) is 0. The zero-order valence-corrected chi connectivity index (χ0v) is 13.3. The number of para-hydroxylation sites is 1. The van der Waals surface area contributed by atoms with E-state index in [1.54, 1.807) is 17.9 Å². The summed E-state index contributed by atoms with van der Waals surface area (Å²) in [7, 11) is 0. The molecule has 5 heteroatoms. The van der Waals surface area contributed by atoms with E-state index in [2.05, 4.69) is 24.0 Å². The second-order valence-electron chi connectivity index (χ2n) is 5.13. The molecule has 1 aromatic carbocycles. The number of hydrogen-bond donors (Lipinski definition) is 0. The van der Waals surface area contributed by atoms with E-state index in [-0.39, 0.29) is 12.7 Å². The Labute approximate surface area is 130 Å². The van der Waals surface area contributed by atoms with Crippen LogP contribution in [-0.4, -0.2) is 43.8 Å². The third-order valence-electron chi connectivity index (χ3n) is 3.57. The predicted octanol–water partition coefficient (Wildman–Crippen LogP) is 3.40. The van der Waals surface area contributed by atoms with E-state index < -0.39 is 0 Å². The summed E-state index contributed by atoms with van der Waals surface area (Å²) in [5, 5.41) is 0.632. The van der Waals surface area contributed by atoms with Gasteiger partial charge in [0, 0.05) is 36.9 Å². The van der Waals surface area contributed by atoms with E-state index in [1.165, 1.54) is 11.3 Å². The van der Waals surface area contributed by atoms with Crippen LogP contribution in [0.2, 0.25) is 0 Å². The number of nitrogens with zero attached hydrogens (tertiary/aromatic N) is 2. The van der Waals surface area contributed by atoms with Gasteiger partial charge in [0.15, 0.2) is 0 Å². The van der Waals surface area contributed by atoms with Gasteiger partial charge >= 0.3 is 6.09 Å². The lowest BCUT2D eigenvalue weighted by molar-refractivity contribution is 0.110. The largest absolute Gasteiger partial charge is 0.445 e. The molecule has 1 aromatic rings. The Morgan fingerprint density at radius 2 is 1.95 bits per heavy atom. The summed E-state index contributed by atoms with van der Waals surface area (Å²) in [6, 6.07) is 8.32. The molecule has 0 unspecified atom stereocenters. The lowest BCUT2D eigenvalue weighted by atomic mass is 10.1. The standard InChI is InChI=1S/C16H21ClN2O2/c1-13-5-3-4-6-15(13)18-8-10-19(11-9-18)16(20)21-12-7-14(2)17/h3-7H,8-12H2,1-2H3/b14-7-. The van der Waals surface area contributed by atoms with Crippen molar-refractivity contribution in [3.05, 3.63) is 40.9 Å². The second kappa shape index (κ2) is 7.36. The number of halogens is 1. The van der Waals surface area contributed by atoms with Crippen molar-refractivity contribution in [2.45, 2.75) is 13.8 Å². The highest BCUT2D eigenvalue weighted by Gasteiger charge is 2.22. The van der Waals surface area contributed by atoms with Gasteiger partial charge in [-0.15, -0.1) is 0 Å². The maximum Gasteiger partial charge on any atom is 0.410 e. The van der Waals surface area contributed by atoms with Gasteiger partial charge in [0.05, 0.1) is 0 Å². The number of hydrogen-bond acceptors (Lipinski definition) is 3. The summed E-state index contributed by atoms with van der Waals surface area (Å²) in [6.45, 7) is 7.10. The Hall–Kier alpha value is -1.68. The molecular weight excluding hydrogens is 288 g/mol. The normalized spacial score (nSPS) is 16.0. The number of rotatable bonds is 3. The fraction of sp³-hybridized carbons (Fsp3) is 0.438. The molecule has 1 aliphatic heterocycles. The summed E-state index contributed by atoms with van der Waals surface area (Å²) < 4.78 is 5.16. The first kappa shape index (κ1) is 15.7. The van der Waals surface area contributed by atoms with Gasteiger partial charge in [-0.25, -0.2) is 4.79 Å². The highest BCUT2D eigenvalue weighted by Crippen LogP contribution is 2.20. The van der Waals surface area contributed by atoms with Gasteiger partial charge in [-0.2, -0.15) is 0 Å². The molecular formula is C16H21ClN2O2. The summed E-state index contributed by atoms with van der Waals surface area (Å²) in [6.07, 6.45) is 1.41. The van der Waals surface area contributed by atoms with Crippen LogP contribution < -0.4 is 4.90 Å². The van der Waals surface area contributed by atoms with E-state index in [9.17, 15) is 4.79 Å². The van der Waals surface area contributed by atoms with E-state index in [4.69, 9.17) is 16.3 Å². The second-order valence-corrected chi connectivity index (χ2v) is 5.72. The molecule has 0 atom stereocenters. The highest BCUT2D eigenvalue weighted by atomic mass is 35.5. The van der Waals surface area contributed by atoms with Crippen molar-refractivity contribution in [2.24, 2.45) is 0 Å². The number of amides is 1. The van der Waals surface area contributed by atoms with Crippen LogP contribution in [0.4, 0.5) is 10.5 Å². The fourth-order valence-corrected chi connectivity index (χ4v) is 2.43. The molecule has 2 rings (SSSR count). The minimum Gasteiger partial charge on any atom is -0.445 e. The van der Waals surface area contributed by atoms with Gasteiger partial charge in [-0.05, 0) is 31.6 Å². The van der Waals surface area contributed by atoms with Crippen LogP contribution in [0.25, 0.3) is 0 Å². The molecule has 0 aliphatic carbocycles. The number of ether oxygens (including phenoxy) is 1. The first-order valence-electron chi connectivity index (χ1n) is 7.12. The minimum atomic E-state index is -0.270. The Kier molecular flexibility index (Phi) is 5.51. The average molecular weight is 309 g/mol. The van der Waals surface area contributed by atoms with Crippen molar-refractivity contribution in [3.63, 3.8) is 0 Å². The average Bonchev–Trinajstić information content (AvgIpc) is 2.47. The molecule has 1 amide bonds. The first-order chi connectivity index (χ1) is 10.1. The van der Waals surface area contributed by atoms with E-state index in [1.807, 2.05) is 12.1 Å². The van der Waals surface area contributed by atoms with Crippen molar-refractivity contribution < 1.29 is 9.53 Å². The predicted molar refractivity (Wildman–Crippen MR) is 85.9 cm³/mol. The number of carbonyl (C=O) groups excluding carboxylic acids is 1. The summed E-state index contributed by atoms with van der Waals surface area (Å²) >= 11 is 5.70. The quantitative estimate of drug-likeness (QED) is 0.858. The molecule has 0 bridgehead atoms. The molecule has 114 valence electrons. The zero-order chi connectivity index (χ0) is 15.2. The van der Waals surface area contributed by atoms with Gasteiger partial charge in [0.25, 0.3) is 0 Å². The molecule has 0 saturated carbocycles. The van der Waals surface area contributed by atoms with Crippen LogP contribution in [0.1, 0.15) is 12.5 Å². The molecule has 1 fully saturated rings. The maximum atomic E-state index is 11.9. The van der Waals surface area contributed by atoms with Gasteiger partial charge in [0.2, 0.25) is 0 Å². The third kappa shape index (κ3) is 4.39. The lowest BCUT2D eigenvalue weighted by Crippen LogP contribution is -2.49. The summed E-state index contributed by atoms with van der Waals surface area (Å²) in [4.78, 5) is 16.0. The molecule has 1 saturated heterocycles. The highest BCUT2D eigenvalue weighted by molar-refractivity contribution is 6.29. The van der Waals surface area contributed by atoms with Crippen LogP contribution in [0.5, 0.6) is 0 Å². The van der Waals surface area contributed by atoms with Crippen LogP contribution in [0.15, 0.2) is 35.4 Å². The van der Waals surface area contributed by atoms with Crippen LogP contribution in [-0.2, 0) is 4.74 Å². The topological polar surface area (TPSA) is 32.8 Å². The number of aryl methyl sites for hydroxylation is 1. The van der Waals surface area contributed by atoms with E-state index >= 15 is 0 Å². The van der Waals surface area contributed by atoms with Crippen LogP contribution >= 0.6 is 11.6 Å². The van der Waals surface area contributed by atoms with Crippen LogP contribution in [0, 0.1) is 6.92 Å². The monoisotopic (exact) mass is 308 g/mol. The molecule has 21 heavy (non-hydrogen) atoms. The SMILES string of the molecule is C/C(Cl)=C/COC(=O)N1CCN(c2ccccc2C)CC1. The molecule has 0 aromatic heterocycles. The van der Waals surface area contributed by atoms with Crippen LogP contribution in [0.3, 0.4) is 0 Å². The Morgan fingerprint density at radius 3 is 2.57 bits per heavy atom. The third-order valence-corrected chi connectivity index (χ3v) is 3.72. The van der Waals surface area contributed by atoms with Gasteiger partial charge < -0.3 is 14.5 Å². The van der Waals surface area contributed by atoms with Gasteiger partial charge in [-0.3, -0.25) is 0 Å². The first-order valence-corrected chi connectivity index (χ1v) is 7.50. The molecule has 4 nitrogen and oxygen atoms in total. The van der Waals surface area contributed by atoms with Crippen molar-refractivity contribution in [3.8, 4) is 0 Å². The Bertz CT molecular complexity index is 519. The number of benzene rings is 1. The van der Waals surface area contributed by atoms with Gasteiger partial charge in [-0.1, -0.05) is 29.8 Å². The number of carbonyl (C=O) groups is 1. The molecule has 1 heterocycles. The van der Waals surface area contributed by atoms with Crippen molar-refractivity contribution in [1.82, 2.24) is 4.90 Å². The van der Waals surface area contributed by atoms with Crippen molar-refractivity contribution in [1.29, 1.82) is 0 Å². The minimum absolute atomic E-state index is 0.228. The fourth-order valence-electron chi connectivity index (χ4n) is 2.37. The number of anilines is 1. The van der Waals surface area contributed by atoms with Crippen molar-refractivity contribution >= 4 is 23.4 Å². The Balaban J connectivity index is 1.84. The van der Waals surface area contributed by atoms with Gasteiger partial charge in [0.1, 0.15) is 6.61 Å². The maximum absolute atomic E-state index is 11.9. The molecule has 1 aliphatic rings. The van der Waals surface area contributed by atoms with Crippen molar-refractivity contribution in [2.75, 3.05) is 37.7 Å². The summed E-state index contributed by atoms with van der Waals surface area (Å²) in [5.41, 5.74) is 2.50. The zero-order valence-electron chi connectivity index (χ0n) is 12.5. The smallest absolute Gasteiger partial charge is 0.410 e. The molecule has 0 radical (unpaired) electrons.